The molecule has 0 amide bonds. The average molecular weight is 358 g/mol. The Morgan fingerprint density at radius 3 is 2.62 bits per heavy atom. The number of nitrogens with one attached hydrogen (secondary N) is 1. The number of halogens is 1. The number of anilines is 2. The summed E-state index contributed by atoms with van der Waals surface area (Å²) < 4.78 is 12.9. The maximum absolute atomic E-state index is 12.9. The molecule has 6 nitrogen and oxygen atoms in total. The van der Waals surface area contributed by atoms with Gasteiger partial charge in [-0.2, -0.15) is 0 Å². The Labute approximate surface area is 152 Å². The number of carbonyl (C=O) groups is 1. The maximum atomic E-state index is 12.9. The van der Waals surface area contributed by atoms with Crippen LogP contribution in [0, 0.1) is 18.7 Å². The number of aliphatic carboxylic acids is 1. The summed E-state index contributed by atoms with van der Waals surface area (Å²) in [5.41, 5.74) is 1.06. The molecule has 0 atom stereocenters. The summed E-state index contributed by atoms with van der Waals surface area (Å²) in [6, 6.07) is 8.38. The van der Waals surface area contributed by atoms with Gasteiger partial charge in [0.25, 0.3) is 0 Å². The molecule has 1 aliphatic heterocycles. The topological polar surface area (TPSA) is 78.4 Å². The van der Waals surface area contributed by atoms with E-state index in [9.17, 15) is 9.18 Å². The Bertz CT molecular complexity index is 759. The third-order valence-corrected chi connectivity index (χ3v) is 4.63. The number of carboxylic acid groups (broad SMARTS) is 1. The smallest absolute Gasteiger partial charge is 0.306 e. The number of hydrogen-bond donors (Lipinski definition) is 2. The third-order valence-electron chi connectivity index (χ3n) is 4.63. The number of nitrogens with zero attached hydrogens (tertiary/aromatic N) is 3. The monoisotopic (exact) mass is 358 g/mol. The molecule has 1 fully saturated rings. The van der Waals surface area contributed by atoms with Gasteiger partial charge in [0.15, 0.2) is 0 Å². The van der Waals surface area contributed by atoms with Crippen LogP contribution < -0.4 is 10.2 Å². The quantitative estimate of drug-likeness (QED) is 0.827. The van der Waals surface area contributed by atoms with E-state index in [4.69, 9.17) is 5.11 Å². The predicted molar refractivity (Wildman–Crippen MR) is 97.9 cm³/mol. The summed E-state index contributed by atoms with van der Waals surface area (Å²) in [5, 5.41) is 12.4. The van der Waals surface area contributed by atoms with Gasteiger partial charge in [0.05, 0.1) is 5.92 Å². The Kier molecular flexibility index (Phi) is 5.65. The average Bonchev–Trinajstić information content (AvgIpc) is 2.63. The van der Waals surface area contributed by atoms with E-state index in [0.717, 1.165) is 23.6 Å². The number of aromatic nitrogens is 2. The van der Waals surface area contributed by atoms with Crippen molar-refractivity contribution >= 4 is 17.6 Å². The molecule has 0 spiro atoms. The summed E-state index contributed by atoms with van der Waals surface area (Å²) in [4.78, 5) is 22.1. The Morgan fingerprint density at radius 1 is 1.27 bits per heavy atom. The molecule has 0 radical (unpaired) electrons. The van der Waals surface area contributed by atoms with Crippen LogP contribution in [0.1, 0.15) is 24.2 Å². The van der Waals surface area contributed by atoms with Crippen LogP contribution in [0.5, 0.6) is 0 Å². The van der Waals surface area contributed by atoms with Gasteiger partial charge in [0.2, 0.25) is 0 Å². The van der Waals surface area contributed by atoms with E-state index in [-0.39, 0.29) is 11.7 Å². The molecule has 138 valence electrons. The molecule has 0 aliphatic carbocycles. The second-order valence-electron chi connectivity index (χ2n) is 6.56. The first-order chi connectivity index (χ1) is 12.5. The van der Waals surface area contributed by atoms with Crippen LogP contribution >= 0.6 is 0 Å². The highest BCUT2D eigenvalue weighted by Crippen LogP contribution is 2.23. The largest absolute Gasteiger partial charge is 0.481 e. The summed E-state index contributed by atoms with van der Waals surface area (Å²) in [6.07, 6.45) is 2.03. The minimum absolute atomic E-state index is 0.232. The number of benzene rings is 1. The minimum atomic E-state index is -0.716. The van der Waals surface area contributed by atoms with Gasteiger partial charge in [-0.15, -0.1) is 0 Å². The van der Waals surface area contributed by atoms with Crippen LogP contribution in [-0.4, -0.2) is 40.7 Å². The molecule has 1 aromatic heterocycles. The van der Waals surface area contributed by atoms with Gasteiger partial charge in [-0.25, -0.2) is 14.4 Å². The van der Waals surface area contributed by atoms with E-state index < -0.39 is 5.97 Å². The fourth-order valence-corrected chi connectivity index (χ4v) is 3.15. The molecular formula is C19H23FN4O2. The molecule has 0 unspecified atom stereocenters. The van der Waals surface area contributed by atoms with Crippen LogP contribution in [0.4, 0.5) is 16.0 Å². The lowest BCUT2D eigenvalue weighted by Crippen LogP contribution is -2.37. The minimum Gasteiger partial charge on any atom is -0.481 e. The van der Waals surface area contributed by atoms with Crippen LogP contribution in [0.2, 0.25) is 0 Å². The molecule has 1 saturated heterocycles. The molecule has 26 heavy (non-hydrogen) atoms. The molecule has 2 heterocycles. The Balaban J connectivity index is 1.59. The zero-order chi connectivity index (χ0) is 18.5. The zero-order valence-electron chi connectivity index (χ0n) is 14.8. The Morgan fingerprint density at radius 2 is 1.96 bits per heavy atom. The van der Waals surface area contributed by atoms with E-state index >= 15 is 0 Å². The van der Waals surface area contributed by atoms with Crippen molar-refractivity contribution in [1.82, 2.24) is 9.97 Å². The number of aryl methyl sites for hydroxylation is 1. The molecule has 0 saturated carbocycles. The highest BCUT2D eigenvalue weighted by atomic mass is 19.1. The van der Waals surface area contributed by atoms with E-state index in [2.05, 4.69) is 20.2 Å². The first-order valence-corrected chi connectivity index (χ1v) is 8.83. The van der Waals surface area contributed by atoms with Crippen LogP contribution in [0.15, 0.2) is 30.3 Å². The van der Waals surface area contributed by atoms with Gasteiger partial charge in [-0.1, -0.05) is 12.1 Å². The van der Waals surface area contributed by atoms with Gasteiger partial charge in [-0.05, 0) is 43.9 Å². The standard InChI is InChI=1S/C19H23FN4O2/c1-13-22-17(21-9-6-14-2-4-16(20)5-3-14)12-18(23-13)24-10-7-15(8-11-24)19(25)26/h2-5,12,15H,6-11H2,1H3,(H,25,26)(H,21,22,23). The van der Waals surface area contributed by atoms with E-state index in [0.29, 0.717) is 38.3 Å². The van der Waals surface area contributed by atoms with Crippen molar-refractivity contribution in [3.8, 4) is 0 Å². The van der Waals surface area contributed by atoms with Gasteiger partial charge >= 0.3 is 5.97 Å². The van der Waals surface area contributed by atoms with Crippen LogP contribution in [-0.2, 0) is 11.2 Å². The number of rotatable bonds is 6. The fraction of sp³-hybridized carbons (Fsp3) is 0.421. The van der Waals surface area contributed by atoms with E-state index in [1.807, 2.05) is 13.0 Å². The maximum Gasteiger partial charge on any atom is 0.306 e. The molecule has 7 heteroatoms. The lowest BCUT2D eigenvalue weighted by Gasteiger charge is -2.31. The predicted octanol–water partition coefficient (Wildman–Crippen LogP) is 2.88. The lowest BCUT2D eigenvalue weighted by molar-refractivity contribution is -0.142. The normalized spacial score (nSPS) is 15.1. The van der Waals surface area contributed by atoms with Crippen molar-refractivity contribution < 1.29 is 14.3 Å². The third kappa shape index (κ3) is 4.68. The van der Waals surface area contributed by atoms with Crippen molar-refractivity contribution in [2.75, 3.05) is 29.9 Å². The number of piperidine rings is 1. The number of hydrogen-bond acceptors (Lipinski definition) is 5. The van der Waals surface area contributed by atoms with Crippen LogP contribution in [0.3, 0.4) is 0 Å². The molecule has 1 aromatic carbocycles. The molecule has 0 bridgehead atoms. The molecule has 1 aliphatic rings. The highest BCUT2D eigenvalue weighted by Gasteiger charge is 2.25. The molecule has 2 N–H and O–H groups in total. The molecular weight excluding hydrogens is 335 g/mol. The summed E-state index contributed by atoms with van der Waals surface area (Å²) in [5.74, 6) is 1.03. The first kappa shape index (κ1) is 18.1. The van der Waals surface area contributed by atoms with Crippen LogP contribution in [0.25, 0.3) is 0 Å². The summed E-state index contributed by atoms with van der Waals surface area (Å²) >= 11 is 0. The molecule has 3 rings (SSSR count). The van der Waals surface area contributed by atoms with Crippen molar-refractivity contribution in [3.05, 3.63) is 47.5 Å². The van der Waals surface area contributed by atoms with Crippen molar-refractivity contribution in [2.24, 2.45) is 5.92 Å². The van der Waals surface area contributed by atoms with Gasteiger partial charge < -0.3 is 15.3 Å². The second-order valence-corrected chi connectivity index (χ2v) is 6.56. The van der Waals surface area contributed by atoms with Gasteiger partial charge in [0.1, 0.15) is 23.3 Å². The Hall–Kier alpha value is -2.70. The highest BCUT2D eigenvalue weighted by molar-refractivity contribution is 5.70. The summed E-state index contributed by atoms with van der Waals surface area (Å²) in [7, 11) is 0. The van der Waals surface area contributed by atoms with E-state index in [1.54, 1.807) is 12.1 Å². The van der Waals surface area contributed by atoms with Crippen molar-refractivity contribution in [2.45, 2.75) is 26.2 Å². The van der Waals surface area contributed by atoms with E-state index in [1.165, 1.54) is 12.1 Å². The van der Waals surface area contributed by atoms with Gasteiger partial charge in [-0.3, -0.25) is 4.79 Å². The summed E-state index contributed by atoms with van der Waals surface area (Å²) in [6.45, 7) is 3.89. The first-order valence-electron chi connectivity index (χ1n) is 8.83. The second kappa shape index (κ2) is 8.12. The van der Waals surface area contributed by atoms with Gasteiger partial charge in [0, 0.05) is 25.7 Å². The SMILES string of the molecule is Cc1nc(NCCc2ccc(F)cc2)cc(N2CCC(C(=O)O)CC2)n1. The van der Waals surface area contributed by atoms with Crippen molar-refractivity contribution in [1.29, 1.82) is 0 Å². The van der Waals surface area contributed by atoms with Crippen molar-refractivity contribution in [3.63, 3.8) is 0 Å². The molecule has 2 aromatic rings. The number of carboxylic acids is 1. The fourth-order valence-electron chi connectivity index (χ4n) is 3.15. The lowest BCUT2D eigenvalue weighted by atomic mass is 9.97. The zero-order valence-corrected chi connectivity index (χ0v) is 14.8.